The number of hydrogen-bond acceptors (Lipinski definition) is 2. The van der Waals surface area contributed by atoms with E-state index in [1.165, 1.54) is 17.1 Å². The zero-order chi connectivity index (χ0) is 11.2. The van der Waals surface area contributed by atoms with Crippen LogP contribution in [-0.2, 0) is 0 Å². The highest BCUT2D eigenvalue weighted by atomic mass is 35.5. The van der Waals surface area contributed by atoms with E-state index in [2.05, 4.69) is 18.2 Å². The molecule has 0 bridgehead atoms. The Hall–Kier alpha value is -0.340. The largest absolute Gasteiger partial charge is 0.493 e. The summed E-state index contributed by atoms with van der Waals surface area (Å²) in [6.45, 7) is 0.859. The molecule has 0 saturated heterocycles. The van der Waals surface area contributed by atoms with E-state index in [1.807, 2.05) is 17.8 Å². The molecule has 1 heterocycles. The first-order chi connectivity index (χ1) is 7.92. The van der Waals surface area contributed by atoms with Crippen molar-refractivity contribution in [1.29, 1.82) is 0 Å². The predicted molar refractivity (Wildman–Crippen MR) is 72.0 cm³/mol. The number of rotatable bonds is 5. The molecule has 1 aromatic carbocycles. The first kappa shape index (κ1) is 12.1. The van der Waals surface area contributed by atoms with E-state index in [1.54, 1.807) is 0 Å². The summed E-state index contributed by atoms with van der Waals surface area (Å²) in [5.74, 6) is 4.87. The Morgan fingerprint density at radius 2 is 2.25 bits per heavy atom. The van der Waals surface area contributed by atoms with E-state index in [0.717, 1.165) is 31.1 Å². The molecule has 0 N–H and O–H groups in total. The summed E-state index contributed by atoms with van der Waals surface area (Å²) >= 11 is 7.68. The van der Waals surface area contributed by atoms with Gasteiger partial charge in [0.25, 0.3) is 0 Å². The number of hydrogen-bond donors (Lipinski definition) is 0. The Kier molecular flexibility index (Phi) is 4.86. The second-order valence-corrected chi connectivity index (χ2v) is 5.52. The van der Waals surface area contributed by atoms with Gasteiger partial charge in [0.05, 0.1) is 6.61 Å². The zero-order valence-corrected chi connectivity index (χ0v) is 10.9. The highest BCUT2D eigenvalue weighted by Gasteiger charge is 2.20. The van der Waals surface area contributed by atoms with E-state index in [4.69, 9.17) is 16.3 Å². The highest BCUT2D eigenvalue weighted by molar-refractivity contribution is 7.99. The van der Waals surface area contributed by atoms with E-state index in [0.29, 0.717) is 5.92 Å². The summed E-state index contributed by atoms with van der Waals surface area (Å²) in [6.07, 6.45) is 2.25. The van der Waals surface area contributed by atoms with Crippen molar-refractivity contribution in [3.8, 4) is 5.75 Å². The standard InChI is InChI=1S/C13H17ClOS/c14-7-3-9-16-10-11-6-8-15-13-5-2-1-4-12(11)13/h1-2,4-5,11H,3,6-10H2. The van der Waals surface area contributed by atoms with Crippen LogP contribution in [0.15, 0.2) is 24.3 Å². The second-order valence-electron chi connectivity index (χ2n) is 3.99. The molecule has 1 atom stereocenters. The number of benzene rings is 1. The first-order valence-corrected chi connectivity index (χ1v) is 7.46. The lowest BCUT2D eigenvalue weighted by atomic mass is 9.95. The average molecular weight is 257 g/mol. The number of alkyl halides is 1. The summed E-state index contributed by atoms with van der Waals surface area (Å²) < 4.78 is 5.65. The minimum absolute atomic E-state index is 0.658. The number of halogens is 1. The van der Waals surface area contributed by atoms with Crippen molar-refractivity contribution in [3.63, 3.8) is 0 Å². The quantitative estimate of drug-likeness (QED) is 0.584. The maximum atomic E-state index is 5.67. The second kappa shape index (κ2) is 6.41. The van der Waals surface area contributed by atoms with Gasteiger partial charge in [0.15, 0.2) is 0 Å². The third kappa shape index (κ3) is 3.08. The van der Waals surface area contributed by atoms with Crippen molar-refractivity contribution in [3.05, 3.63) is 29.8 Å². The monoisotopic (exact) mass is 256 g/mol. The Bertz CT molecular complexity index is 329. The normalized spacial score (nSPS) is 18.9. The summed E-state index contributed by atoms with van der Waals surface area (Å²) in [7, 11) is 0. The van der Waals surface area contributed by atoms with Crippen LogP contribution in [0.5, 0.6) is 5.75 Å². The van der Waals surface area contributed by atoms with Crippen LogP contribution in [0.1, 0.15) is 24.3 Å². The lowest BCUT2D eigenvalue weighted by molar-refractivity contribution is 0.273. The Morgan fingerprint density at radius 1 is 1.38 bits per heavy atom. The van der Waals surface area contributed by atoms with Gasteiger partial charge >= 0.3 is 0 Å². The fraction of sp³-hybridized carbons (Fsp3) is 0.538. The Morgan fingerprint density at radius 3 is 3.12 bits per heavy atom. The molecule has 0 fully saturated rings. The molecule has 3 heteroatoms. The minimum atomic E-state index is 0.658. The maximum Gasteiger partial charge on any atom is 0.122 e. The van der Waals surface area contributed by atoms with Gasteiger partial charge in [0.2, 0.25) is 0 Å². The first-order valence-electron chi connectivity index (χ1n) is 5.77. The van der Waals surface area contributed by atoms with Crippen molar-refractivity contribution < 1.29 is 4.74 Å². The molecular formula is C13H17ClOS. The van der Waals surface area contributed by atoms with Gasteiger partial charge < -0.3 is 4.74 Å². The van der Waals surface area contributed by atoms with Crippen molar-refractivity contribution in [2.45, 2.75) is 18.8 Å². The lowest BCUT2D eigenvalue weighted by Crippen LogP contribution is -2.15. The molecule has 0 spiro atoms. The van der Waals surface area contributed by atoms with Crippen molar-refractivity contribution in [1.82, 2.24) is 0 Å². The van der Waals surface area contributed by atoms with E-state index >= 15 is 0 Å². The molecule has 1 aliphatic rings. The zero-order valence-electron chi connectivity index (χ0n) is 9.32. The summed E-state index contributed by atoms with van der Waals surface area (Å²) in [5.41, 5.74) is 1.38. The van der Waals surface area contributed by atoms with Crippen LogP contribution in [-0.4, -0.2) is 24.0 Å². The summed E-state index contributed by atoms with van der Waals surface area (Å²) in [6, 6.07) is 8.41. The smallest absolute Gasteiger partial charge is 0.122 e. The SMILES string of the molecule is ClCCCSCC1CCOc2ccccc21. The minimum Gasteiger partial charge on any atom is -0.493 e. The topological polar surface area (TPSA) is 9.23 Å². The third-order valence-corrected chi connectivity index (χ3v) is 4.31. The van der Waals surface area contributed by atoms with E-state index in [-0.39, 0.29) is 0 Å². The third-order valence-electron chi connectivity index (χ3n) is 2.82. The van der Waals surface area contributed by atoms with Gasteiger partial charge in [-0.2, -0.15) is 11.8 Å². The molecule has 0 amide bonds. The number of fused-ring (bicyclic) bond motifs is 1. The summed E-state index contributed by atoms with van der Waals surface area (Å²) in [5, 5.41) is 0. The molecule has 2 rings (SSSR count). The molecule has 0 aromatic heterocycles. The molecule has 88 valence electrons. The molecule has 0 saturated carbocycles. The highest BCUT2D eigenvalue weighted by Crippen LogP contribution is 2.35. The predicted octanol–water partition coefficient (Wildman–Crippen LogP) is 3.91. The van der Waals surface area contributed by atoms with E-state index < -0.39 is 0 Å². The molecule has 1 aromatic rings. The van der Waals surface area contributed by atoms with Crippen LogP contribution >= 0.6 is 23.4 Å². The van der Waals surface area contributed by atoms with Crippen molar-refractivity contribution in [2.75, 3.05) is 24.0 Å². The maximum absolute atomic E-state index is 5.67. The van der Waals surface area contributed by atoms with Crippen LogP contribution in [0.2, 0.25) is 0 Å². The molecule has 1 aliphatic heterocycles. The van der Waals surface area contributed by atoms with Crippen molar-refractivity contribution >= 4 is 23.4 Å². The number of ether oxygens (including phenoxy) is 1. The average Bonchev–Trinajstić information content (AvgIpc) is 2.35. The van der Waals surface area contributed by atoms with Crippen LogP contribution < -0.4 is 4.74 Å². The fourth-order valence-electron chi connectivity index (χ4n) is 1.97. The number of para-hydroxylation sites is 1. The Labute approximate surface area is 107 Å². The van der Waals surface area contributed by atoms with Crippen LogP contribution in [0, 0.1) is 0 Å². The van der Waals surface area contributed by atoms with Gasteiger partial charge in [-0.05, 0) is 36.1 Å². The van der Waals surface area contributed by atoms with Gasteiger partial charge in [-0.1, -0.05) is 18.2 Å². The molecule has 16 heavy (non-hydrogen) atoms. The van der Waals surface area contributed by atoms with Gasteiger partial charge in [0.1, 0.15) is 5.75 Å². The molecule has 1 nitrogen and oxygen atoms in total. The van der Waals surface area contributed by atoms with Crippen LogP contribution in [0.25, 0.3) is 0 Å². The van der Waals surface area contributed by atoms with Crippen LogP contribution in [0.3, 0.4) is 0 Å². The Balaban J connectivity index is 1.91. The number of thioether (sulfide) groups is 1. The van der Waals surface area contributed by atoms with Gasteiger partial charge in [-0.3, -0.25) is 0 Å². The fourth-order valence-corrected chi connectivity index (χ4v) is 3.41. The van der Waals surface area contributed by atoms with Gasteiger partial charge in [0, 0.05) is 11.6 Å². The summed E-state index contributed by atoms with van der Waals surface area (Å²) in [4.78, 5) is 0. The van der Waals surface area contributed by atoms with E-state index in [9.17, 15) is 0 Å². The van der Waals surface area contributed by atoms with Gasteiger partial charge in [-0.25, -0.2) is 0 Å². The molecule has 0 radical (unpaired) electrons. The molecule has 1 unspecified atom stereocenters. The van der Waals surface area contributed by atoms with Crippen LogP contribution in [0.4, 0.5) is 0 Å². The molecular weight excluding hydrogens is 240 g/mol. The van der Waals surface area contributed by atoms with Gasteiger partial charge in [-0.15, -0.1) is 11.6 Å². The molecule has 0 aliphatic carbocycles. The lowest BCUT2D eigenvalue weighted by Gasteiger charge is -2.25. The van der Waals surface area contributed by atoms with Crippen molar-refractivity contribution in [2.24, 2.45) is 0 Å².